The molecule has 0 amide bonds. The minimum absolute atomic E-state index is 0. The van der Waals surface area contributed by atoms with Gasteiger partial charge in [0, 0.05) is 0 Å². The van der Waals surface area contributed by atoms with E-state index in [0.717, 1.165) is 0 Å². The number of unbranched alkanes of at least 4 members (excludes halogenated alkanes) is 2. The van der Waals surface area contributed by atoms with Crippen LogP contribution in [0.2, 0.25) is 0 Å². The molecule has 0 atom stereocenters. The van der Waals surface area contributed by atoms with E-state index in [1.54, 1.807) is 33.6 Å². The Balaban J connectivity index is 0. The van der Waals surface area contributed by atoms with Crippen LogP contribution < -0.4 is 24.8 Å². The molecule has 0 bridgehead atoms. The molecule has 0 fully saturated rings. The van der Waals surface area contributed by atoms with Crippen molar-refractivity contribution in [3.8, 4) is 0 Å². The Hall–Kier alpha value is 0.943. The van der Waals surface area contributed by atoms with E-state index in [1.165, 1.54) is 32.1 Å². The van der Waals surface area contributed by atoms with Crippen LogP contribution in [0.3, 0.4) is 0 Å². The molecule has 0 aromatic heterocycles. The third-order valence-electron chi connectivity index (χ3n) is 2.01. The third-order valence-corrected chi connectivity index (χ3v) is 2.87. The monoisotopic (exact) mass is 295 g/mol. The topological polar surface area (TPSA) is 0 Å². The fourth-order valence-electron chi connectivity index (χ4n) is 1.34. The number of hydrogen-bond donors (Lipinski definition) is 0. The van der Waals surface area contributed by atoms with Gasteiger partial charge in [0.05, 0.1) is 0 Å². The summed E-state index contributed by atoms with van der Waals surface area (Å²) in [7, 11) is 0. The van der Waals surface area contributed by atoms with Crippen LogP contribution in [0, 0.1) is 0 Å². The molecular formula is C10H15Cl2Zr. The van der Waals surface area contributed by atoms with E-state index in [9.17, 15) is 0 Å². The van der Waals surface area contributed by atoms with Gasteiger partial charge in [-0.15, -0.1) is 0 Å². The first-order valence-corrected chi connectivity index (χ1v) is 5.67. The molecular weight excluding hydrogens is 282 g/mol. The Morgan fingerprint density at radius 2 is 2.00 bits per heavy atom. The van der Waals surface area contributed by atoms with Crippen LogP contribution in [0.15, 0.2) is 21.0 Å². The molecule has 0 radical (unpaired) electrons. The van der Waals surface area contributed by atoms with Crippen molar-refractivity contribution in [3.05, 3.63) is 21.0 Å². The Labute approximate surface area is 109 Å². The second-order valence-corrected chi connectivity index (χ2v) is 4.69. The molecule has 73 valence electrons. The summed E-state index contributed by atoms with van der Waals surface area (Å²) in [6.45, 7) is 2.26. The minimum atomic E-state index is 0. The summed E-state index contributed by atoms with van der Waals surface area (Å²) in [4.78, 5) is 0. The average molecular weight is 297 g/mol. The fraction of sp³-hybridized carbons (Fsp3) is 0.600. The van der Waals surface area contributed by atoms with Crippen molar-refractivity contribution < 1.29 is 49.5 Å². The average Bonchev–Trinajstić information content (AvgIpc) is 2.37. The zero-order valence-electron chi connectivity index (χ0n) is 7.95. The van der Waals surface area contributed by atoms with Crippen LogP contribution in [0.1, 0.15) is 39.0 Å². The van der Waals surface area contributed by atoms with E-state index < -0.39 is 0 Å². The minimum Gasteiger partial charge on any atom is -1.00 e. The fourth-order valence-corrected chi connectivity index (χ4v) is 2.04. The SMILES string of the molecule is CCCCCC1=CC[C]([Zr+2])=C1.[Cl-].[Cl-]. The van der Waals surface area contributed by atoms with Gasteiger partial charge in [0.1, 0.15) is 0 Å². The smallest absolute Gasteiger partial charge is 1.00 e. The Morgan fingerprint density at radius 1 is 1.31 bits per heavy atom. The van der Waals surface area contributed by atoms with Gasteiger partial charge in [0.2, 0.25) is 0 Å². The summed E-state index contributed by atoms with van der Waals surface area (Å²) >= 11 is 1.59. The van der Waals surface area contributed by atoms with Gasteiger partial charge in [0.15, 0.2) is 0 Å². The molecule has 0 heterocycles. The number of hydrogen-bond acceptors (Lipinski definition) is 0. The van der Waals surface area contributed by atoms with E-state index in [0.29, 0.717) is 0 Å². The van der Waals surface area contributed by atoms with Gasteiger partial charge in [0.25, 0.3) is 0 Å². The van der Waals surface area contributed by atoms with Crippen LogP contribution in [0.5, 0.6) is 0 Å². The summed E-state index contributed by atoms with van der Waals surface area (Å²) in [5, 5.41) is 0. The molecule has 1 aliphatic carbocycles. The number of allylic oxidation sites excluding steroid dienone is 4. The van der Waals surface area contributed by atoms with E-state index in [-0.39, 0.29) is 24.8 Å². The van der Waals surface area contributed by atoms with Gasteiger partial charge in [-0.3, -0.25) is 0 Å². The van der Waals surface area contributed by atoms with Crippen molar-refractivity contribution in [3.63, 3.8) is 0 Å². The molecule has 0 saturated carbocycles. The summed E-state index contributed by atoms with van der Waals surface area (Å²) in [6, 6.07) is 0. The second-order valence-electron chi connectivity index (χ2n) is 3.11. The van der Waals surface area contributed by atoms with Gasteiger partial charge >= 0.3 is 84.8 Å². The van der Waals surface area contributed by atoms with Crippen molar-refractivity contribution in [2.75, 3.05) is 0 Å². The third kappa shape index (κ3) is 6.94. The predicted molar refractivity (Wildman–Crippen MR) is 44.9 cm³/mol. The van der Waals surface area contributed by atoms with E-state index in [2.05, 4.69) is 19.1 Å². The molecule has 0 aliphatic heterocycles. The Kier molecular flexibility index (Phi) is 12.0. The molecule has 0 saturated heterocycles. The van der Waals surface area contributed by atoms with Crippen molar-refractivity contribution >= 4 is 0 Å². The molecule has 0 unspecified atom stereocenters. The normalized spacial score (nSPS) is 14.1. The van der Waals surface area contributed by atoms with Crippen LogP contribution in [-0.4, -0.2) is 0 Å². The number of rotatable bonds is 4. The molecule has 0 aromatic carbocycles. The van der Waals surface area contributed by atoms with Crippen molar-refractivity contribution in [2.45, 2.75) is 39.0 Å². The summed E-state index contributed by atoms with van der Waals surface area (Å²) in [6.07, 6.45) is 11.4. The van der Waals surface area contributed by atoms with Crippen LogP contribution in [0.25, 0.3) is 0 Å². The van der Waals surface area contributed by atoms with Crippen LogP contribution >= 0.6 is 0 Å². The molecule has 0 spiro atoms. The standard InChI is InChI=1S/C10H15.2ClH.Zr/c1-2-3-4-7-10-8-5-6-9-10;;;/h8-9H,2-5,7H2,1H3;2*1H;/q;;;+2/p-2. The van der Waals surface area contributed by atoms with Gasteiger partial charge in [-0.25, -0.2) is 0 Å². The molecule has 13 heavy (non-hydrogen) atoms. The summed E-state index contributed by atoms with van der Waals surface area (Å²) in [5.74, 6) is 0. The molecule has 0 aromatic rings. The van der Waals surface area contributed by atoms with Gasteiger partial charge in [-0.2, -0.15) is 0 Å². The molecule has 3 heteroatoms. The maximum atomic E-state index is 2.39. The van der Waals surface area contributed by atoms with Gasteiger partial charge in [-0.05, 0) is 0 Å². The van der Waals surface area contributed by atoms with E-state index in [1.807, 2.05) is 0 Å². The zero-order chi connectivity index (χ0) is 8.10. The molecule has 0 N–H and O–H groups in total. The predicted octanol–water partition coefficient (Wildman–Crippen LogP) is -2.66. The van der Waals surface area contributed by atoms with Crippen LogP contribution in [-0.2, 0) is 24.7 Å². The quantitative estimate of drug-likeness (QED) is 0.497. The van der Waals surface area contributed by atoms with Crippen molar-refractivity contribution in [1.82, 2.24) is 0 Å². The molecule has 1 rings (SSSR count). The first-order chi connectivity index (χ1) is 5.33. The molecule has 0 nitrogen and oxygen atoms in total. The Morgan fingerprint density at radius 3 is 2.46 bits per heavy atom. The second kappa shape index (κ2) is 9.50. The summed E-state index contributed by atoms with van der Waals surface area (Å²) in [5.41, 5.74) is 1.59. The van der Waals surface area contributed by atoms with Gasteiger partial charge in [-0.1, -0.05) is 0 Å². The van der Waals surface area contributed by atoms with E-state index in [4.69, 9.17) is 0 Å². The maximum Gasteiger partial charge on any atom is -1.00 e. The summed E-state index contributed by atoms with van der Waals surface area (Å²) < 4.78 is 1.61. The number of halogens is 2. The first kappa shape index (κ1) is 16.4. The molecule has 1 aliphatic rings. The van der Waals surface area contributed by atoms with Crippen LogP contribution in [0.4, 0.5) is 0 Å². The zero-order valence-corrected chi connectivity index (χ0v) is 11.9. The van der Waals surface area contributed by atoms with E-state index >= 15 is 0 Å². The maximum absolute atomic E-state index is 2.39. The van der Waals surface area contributed by atoms with Gasteiger partial charge < -0.3 is 24.8 Å². The largest absolute Gasteiger partial charge is 1.00 e. The first-order valence-electron chi connectivity index (χ1n) is 4.44. The Bertz CT molecular complexity index is 185. The van der Waals surface area contributed by atoms with Crippen molar-refractivity contribution in [1.29, 1.82) is 0 Å². The van der Waals surface area contributed by atoms with Crippen molar-refractivity contribution in [2.24, 2.45) is 0 Å².